The van der Waals surface area contributed by atoms with Gasteiger partial charge in [-0.1, -0.05) is 12.0 Å². The Morgan fingerprint density at radius 2 is 2.30 bits per heavy atom. The van der Waals surface area contributed by atoms with E-state index in [1.54, 1.807) is 12.4 Å². The summed E-state index contributed by atoms with van der Waals surface area (Å²) in [4.78, 5) is 27.3. The number of terminal acetylenes is 1. The lowest BCUT2D eigenvalue weighted by Gasteiger charge is -2.00. The lowest BCUT2D eigenvalue weighted by atomic mass is 10.2. The minimum absolute atomic E-state index is 0.347. The zero-order valence-electron chi connectivity index (χ0n) is 10.3. The molecule has 6 heteroatoms. The average Bonchev–Trinajstić information content (AvgIpc) is 2.95. The summed E-state index contributed by atoms with van der Waals surface area (Å²) in [6.45, 7) is 0.435. The largest absolute Gasteiger partial charge is 0.319 e. The Hall–Kier alpha value is -2.52. The molecule has 0 unspecified atom stereocenters. The third-order valence-electron chi connectivity index (χ3n) is 2.85. The highest BCUT2D eigenvalue weighted by molar-refractivity contribution is 8.18. The van der Waals surface area contributed by atoms with Crippen LogP contribution in [0.2, 0.25) is 0 Å². The standard InChI is InChI=1S/C14H9N3O2S/c1-2-5-17-8-15-10-4-3-9(6-11(10)17)7-12-13(18)16-14(19)20-12/h1,3-4,6-8H,5H2,(H,16,18,19). The number of imide groups is 1. The number of thioether (sulfide) groups is 1. The number of hydrogen-bond acceptors (Lipinski definition) is 4. The fraction of sp³-hybridized carbons (Fsp3) is 0.0714. The molecule has 0 bridgehead atoms. The normalized spacial score (nSPS) is 16.6. The van der Waals surface area contributed by atoms with Crippen molar-refractivity contribution in [3.05, 3.63) is 35.0 Å². The van der Waals surface area contributed by atoms with E-state index >= 15 is 0 Å². The highest BCUT2D eigenvalue weighted by Crippen LogP contribution is 2.26. The summed E-state index contributed by atoms with van der Waals surface area (Å²) >= 11 is 0.897. The second-order valence-corrected chi connectivity index (χ2v) is 5.19. The Bertz CT molecular complexity index is 798. The zero-order chi connectivity index (χ0) is 14.1. The van der Waals surface area contributed by atoms with E-state index in [1.165, 1.54) is 0 Å². The van der Waals surface area contributed by atoms with Gasteiger partial charge in [0, 0.05) is 0 Å². The maximum absolute atomic E-state index is 11.5. The molecule has 1 fully saturated rings. The van der Waals surface area contributed by atoms with E-state index in [9.17, 15) is 9.59 Å². The van der Waals surface area contributed by atoms with E-state index in [1.807, 2.05) is 22.8 Å². The van der Waals surface area contributed by atoms with Crippen molar-refractivity contribution < 1.29 is 9.59 Å². The molecular weight excluding hydrogens is 274 g/mol. The van der Waals surface area contributed by atoms with Crippen molar-refractivity contribution in [1.29, 1.82) is 0 Å². The molecule has 5 nitrogen and oxygen atoms in total. The third-order valence-corrected chi connectivity index (χ3v) is 3.66. The summed E-state index contributed by atoms with van der Waals surface area (Å²) in [6.07, 6.45) is 8.67. The van der Waals surface area contributed by atoms with E-state index in [4.69, 9.17) is 6.42 Å². The minimum Gasteiger partial charge on any atom is -0.319 e. The van der Waals surface area contributed by atoms with E-state index < -0.39 is 0 Å². The molecule has 1 saturated heterocycles. The van der Waals surface area contributed by atoms with Gasteiger partial charge in [-0.15, -0.1) is 6.42 Å². The monoisotopic (exact) mass is 283 g/mol. The molecule has 20 heavy (non-hydrogen) atoms. The Balaban J connectivity index is 2.03. The number of nitrogens with zero attached hydrogens (tertiary/aromatic N) is 2. The molecule has 2 amide bonds. The summed E-state index contributed by atoms with van der Waals surface area (Å²) in [6, 6.07) is 5.59. The zero-order valence-corrected chi connectivity index (χ0v) is 11.1. The van der Waals surface area contributed by atoms with Crippen LogP contribution in [0.3, 0.4) is 0 Å². The van der Waals surface area contributed by atoms with Gasteiger partial charge < -0.3 is 4.57 Å². The number of fused-ring (bicyclic) bond motifs is 1. The molecule has 1 aliphatic rings. The van der Waals surface area contributed by atoms with Crippen molar-refractivity contribution in [1.82, 2.24) is 14.9 Å². The summed E-state index contributed by atoms with van der Waals surface area (Å²) in [5.74, 6) is 2.20. The SMILES string of the molecule is C#CCn1cnc2ccc(C=C3SC(=O)NC3=O)cc21. The second kappa shape index (κ2) is 4.87. The molecule has 1 aromatic carbocycles. The van der Waals surface area contributed by atoms with Crippen LogP contribution in [-0.4, -0.2) is 20.7 Å². The summed E-state index contributed by atoms with van der Waals surface area (Å²) < 4.78 is 1.85. The first-order chi connectivity index (χ1) is 9.67. The van der Waals surface area contributed by atoms with Gasteiger partial charge in [0.05, 0.1) is 28.8 Å². The molecule has 2 aromatic rings. The van der Waals surface area contributed by atoms with Gasteiger partial charge in [0.15, 0.2) is 0 Å². The van der Waals surface area contributed by atoms with Crippen LogP contribution in [0.4, 0.5) is 4.79 Å². The molecule has 1 aromatic heterocycles. The van der Waals surface area contributed by atoms with Gasteiger partial charge >= 0.3 is 0 Å². The van der Waals surface area contributed by atoms with E-state index in [0.29, 0.717) is 11.4 Å². The fourth-order valence-corrected chi connectivity index (χ4v) is 2.64. The fourth-order valence-electron chi connectivity index (χ4n) is 1.96. The van der Waals surface area contributed by atoms with Crippen LogP contribution >= 0.6 is 11.8 Å². The molecule has 0 saturated carbocycles. The van der Waals surface area contributed by atoms with Crippen LogP contribution in [0.5, 0.6) is 0 Å². The number of benzene rings is 1. The maximum atomic E-state index is 11.5. The van der Waals surface area contributed by atoms with Gasteiger partial charge in [-0.05, 0) is 35.5 Å². The van der Waals surface area contributed by atoms with Crippen LogP contribution in [0.1, 0.15) is 5.56 Å². The van der Waals surface area contributed by atoms with Crippen LogP contribution in [0.15, 0.2) is 29.4 Å². The second-order valence-electron chi connectivity index (χ2n) is 4.18. The number of carbonyl (C=O) groups is 2. The first-order valence-electron chi connectivity index (χ1n) is 5.80. The smallest absolute Gasteiger partial charge is 0.290 e. The molecule has 3 rings (SSSR count). The number of hydrogen-bond donors (Lipinski definition) is 1. The maximum Gasteiger partial charge on any atom is 0.290 e. The molecule has 0 aliphatic carbocycles. The summed E-state index contributed by atoms with van der Waals surface area (Å²) in [5, 5.41) is 1.88. The van der Waals surface area contributed by atoms with Crippen LogP contribution < -0.4 is 5.32 Å². The van der Waals surface area contributed by atoms with Crippen molar-refractivity contribution in [2.24, 2.45) is 0 Å². The van der Waals surface area contributed by atoms with Gasteiger partial charge in [0.1, 0.15) is 0 Å². The van der Waals surface area contributed by atoms with Crippen LogP contribution in [0, 0.1) is 12.3 Å². The predicted molar refractivity (Wildman–Crippen MR) is 77.7 cm³/mol. The average molecular weight is 283 g/mol. The van der Waals surface area contributed by atoms with E-state index in [-0.39, 0.29) is 11.1 Å². The number of carbonyl (C=O) groups excluding carboxylic acids is 2. The molecule has 0 spiro atoms. The lowest BCUT2D eigenvalue weighted by molar-refractivity contribution is -0.115. The topological polar surface area (TPSA) is 64.0 Å². The Morgan fingerprint density at radius 1 is 1.45 bits per heavy atom. The molecular formula is C14H9N3O2S. The van der Waals surface area contributed by atoms with E-state index in [0.717, 1.165) is 28.4 Å². The first-order valence-corrected chi connectivity index (χ1v) is 6.62. The van der Waals surface area contributed by atoms with Crippen molar-refractivity contribution in [3.63, 3.8) is 0 Å². The number of imidazole rings is 1. The molecule has 1 N–H and O–H groups in total. The Morgan fingerprint density at radius 3 is 3.00 bits per heavy atom. The number of rotatable bonds is 2. The first kappa shape index (κ1) is 12.5. The highest BCUT2D eigenvalue weighted by Gasteiger charge is 2.24. The van der Waals surface area contributed by atoms with Gasteiger partial charge in [-0.25, -0.2) is 4.98 Å². The van der Waals surface area contributed by atoms with Crippen LogP contribution in [-0.2, 0) is 11.3 Å². The van der Waals surface area contributed by atoms with E-state index in [2.05, 4.69) is 16.2 Å². The van der Waals surface area contributed by atoms with Gasteiger partial charge in [0.2, 0.25) is 0 Å². The summed E-state index contributed by atoms with van der Waals surface area (Å²) in [7, 11) is 0. The predicted octanol–water partition coefficient (Wildman–Crippen LogP) is 1.99. The Labute approximate surface area is 119 Å². The number of aromatic nitrogens is 2. The summed E-state index contributed by atoms with van der Waals surface area (Å²) in [5.41, 5.74) is 2.55. The molecule has 0 radical (unpaired) electrons. The van der Waals surface area contributed by atoms with Crippen LogP contribution in [0.25, 0.3) is 17.1 Å². The lowest BCUT2D eigenvalue weighted by Crippen LogP contribution is -2.17. The quantitative estimate of drug-likeness (QED) is 0.676. The number of nitrogens with one attached hydrogen (secondary N) is 1. The number of amides is 2. The Kier molecular flexibility index (Phi) is 3.05. The minimum atomic E-state index is -0.364. The van der Waals surface area contributed by atoms with Gasteiger partial charge in [-0.3, -0.25) is 14.9 Å². The van der Waals surface area contributed by atoms with Crippen molar-refractivity contribution >= 4 is 40.0 Å². The van der Waals surface area contributed by atoms with Crippen molar-refractivity contribution in [2.45, 2.75) is 6.54 Å². The molecule has 1 aliphatic heterocycles. The molecule has 98 valence electrons. The van der Waals surface area contributed by atoms with Gasteiger partial charge in [0.25, 0.3) is 11.1 Å². The third kappa shape index (κ3) is 2.19. The van der Waals surface area contributed by atoms with Crippen molar-refractivity contribution in [3.8, 4) is 12.3 Å². The highest BCUT2D eigenvalue weighted by atomic mass is 32.2. The van der Waals surface area contributed by atoms with Gasteiger partial charge in [-0.2, -0.15) is 0 Å². The molecule has 0 atom stereocenters. The molecule has 2 heterocycles. The van der Waals surface area contributed by atoms with Crippen molar-refractivity contribution in [2.75, 3.05) is 0 Å².